The number of alkyl halides is 1. The summed E-state index contributed by atoms with van der Waals surface area (Å²) in [5.41, 5.74) is 0. The van der Waals surface area contributed by atoms with Gasteiger partial charge in [0.2, 0.25) is 0 Å². The van der Waals surface area contributed by atoms with Crippen LogP contribution >= 0.6 is 11.6 Å². The van der Waals surface area contributed by atoms with E-state index < -0.39 is 0 Å². The fraction of sp³-hybridized carbons (Fsp3) is 0.714. The molecule has 0 aromatic rings. The van der Waals surface area contributed by atoms with E-state index in [0.29, 0.717) is 0 Å². The van der Waals surface area contributed by atoms with Crippen LogP contribution in [0.5, 0.6) is 0 Å². The fourth-order valence-electron chi connectivity index (χ4n) is 0.581. The van der Waals surface area contributed by atoms with E-state index in [-0.39, 0.29) is 5.38 Å². The molecule has 0 spiro atoms. The number of allylic oxidation sites excluding steroid dienone is 2. The van der Waals surface area contributed by atoms with Crippen molar-refractivity contribution in [3.8, 4) is 0 Å². The molecule has 0 saturated heterocycles. The molecule has 0 aliphatic rings. The summed E-state index contributed by atoms with van der Waals surface area (Å²) in [7, 11) is 0. The summed E-state index contributed by atoms with van der Waals surface area (Å²) in [5.74, 6) is 0. The van der Waals surface area contributed by atoms with Gasteiger partial charge in [0, 0.05) is 0 Å². The summed E-state index contributed by atoms with van der Waals surface area (Å²) in [6.07, 6.45) is 6.27. The zero-order chi connectivity index (χ0) is 6.41. The van der Waals surface area contributed by atoms with Crippen molar-refractivity contribution >= 4 is 11.6 Å². The average molecular weight is 133 g/mol. The van der Waals surface area contributed by atoms with Crippen LogP contribution in [0.4, 0.5) is 0 Å². The summed E-state index contributed by atoms with van der Waals surface area (Å²) in [6, 6.07) is 0. The van der Waals surface area contributed by atoms with Crippen LogP contribution in [0.15, 0.2) is 12.2 Å². The highest BCUT2D eigenvalue weighted by molar-refractivity contribution is 6.21. The smallest absolute Gasteiger partial charge is 0.0515 e. The van der Waals surface area contributed by atoms with Crippen LogP contribution in [0.1, 0.15) is 26.7 Å². The van der Waals surface area contributed by atoms with Gasteiger partial charge in [-0.15, -0.1) is 11.6 Å². The second-order valence-corrected chi connectivity index (χ2v) is 2.39. The highest BCUT2D eigenvalue weighted by Gasteiger charge is 1.93. The third kappa shape index (κ3) is 4.20. The molecule has 1 atom stereocenters. The molecule has 0 fully saturated rings. The zero-order valence-electron chi connectivity index (χ0n) is 5.52. The highest BCUT2D eigenvalue weighted by Crippen LogP contribution is 2.05. The van der Waals surface area contributed by atoms with E-state index in [1.54, 1.807) is 0 Å². The molecule has 0 aromatic carbocycles. The highest BCUT2D eigenvalue weighted by atomic mass is 35.5. The Balaban J connectivity index is 3.17. The standard InChI is InChI=1S/C7H13Cl/c1-3-5-7(8)6-4-2/h3,5,7H,4,6H2,1-2H3/b5-3-. The lowest BCUT2D eigenvalue weighted by molar-refractivity contribution is 0.820. The van der Waals surface area contributed by atoms with Gasteiger partial charge < -0.3 is 0 Å². The molecule has 0 nitrogen and oxygen atoms in total. The van der Waals surface area contributed by atoms with Crippen molar-refractivity contribution in [3.63, 3.8) is 0 Å². The largest absolute Gasteiger partial charge is 0.118 e. The first-order chi connectivity index (χ1) is 3.81. The van der Waals surface area contributed by atoms with Crippen LogP contribution in [0.3, 0.4) is 0 Å². The van der Waals surface area contributed by atoms with Crippen molar-refractivity contribution in [2.24, 2.45) is 0 Å². The van der Waals surface area contributed by atoms with Crippen LogP contribution in [0, 0.1) is 0 Å². The Labute approximate surface area is 56.5 Å². The Kier molecular flexibility index (Phi) is 5.19. The Morgan fingerprint density at radius 1 is 1.62 bits per heavy atom. The Hall–Kier alpha value is 0.0300. The maximum Gasteiger partial charge on any atom is 0.0515 e. The topological polar surface area (TPSA) is 0 Å². The SMILES string of the molecule is C/C=C\C(Cl)CCC. The van der Waals surface area contributed by atoms with Crippen molar-refractivity contribution in [2.75, 3.05) is 0 Å². The van der Waals surface area contributed by atoms with Gasteiger partial charge in [-0.1, -0.05) is 25.5 Å². The monoisotopic (exact) mass is 132 g/mol. The van der Waals surface area contributed by atoms with E-state index in [2.05, 4.69) is 6.92 Å². The molecular weight excluding hydrogens is 120 g/mol. The van der Waals surface area contributed by atoms with E-state index in [0.717, 1.165) is 6.42 Å². The minimum absolute atomic E-state index is 0.255. The minimum Gasteiger partial charge on any atom is -0.118 e. The third-order valence-corrected chi connectivity index (χ3v) is 1.33. The van der Waals surface area contributed by atoms with E-state index in [1.165, 1.54) is 6.42 Å². The van der Waals surface area contributed by atoms with E-state index in [1.807, 2.05) is 19.1 Å². The van der Waals surface area contributed by atoms with Crippen LogP contribution in [0.2, 0.25) is 0 Å². The van der Waals surface area contributed by atoms with Gasteiger partial charge in [0.25, 0.3) is 0 Å². The van der Waals surface area contributed by atoms with Gasteiger partial charge >= 0.3 is 0 Å². The maximum atomic E-state index is 5.79. The molecule has 0 aliphatic carbocycles. The lowest BCUT2D eigenvalue weighted by atomic mass is 10.2. The van der Waals surface area contributed by atoms with Gasteiger partial charge in [-0.2, -0.15) is 0 Å². The minimum atomic E-state index is 0.255. The second-order valence-electron chi connectivity index (χ2n) is 1.83. The maximum absolute atomic E-state index is 5.79. The van der Waals surface area contributed by atoms with Gasteiger partial charge in [0.15, 0.2) is 0 Å². The molecule has 0 N–H and O–H groups in total. The summed E-state index contributed by atoms with van der Waals surface area (Å²) in [6.45, 7) is 4.13. The molecule has 1 unspecified atom stereocenters. The van der Waals surface area contributed by atoms with Crippen LogP contribution in [-0.4, -0.2) is 5.38 Å². The van der Waals surface area contributed by atoms with Crippen molar-refractivity contribution in [3.05, 3.63) is 12.2 Å². The molecule has 0 rings (SSSR count). The quantitative estimate of drug-likeness (QED) is 0.409. The fourth-order valence-corrected chi connectivity index (χ4v) is 0.945. The molecule has 8 heavy (non-hydrogen) atoms. The first kappa shape index (κ1) is 8.03. The van der Waals surface area contributed by atoms with E-state index in [9.17, 15) is 0 Å². The summed E-state index contributed by atoms with van der Waals surface area (Å²) in [5, 5.41) is 0.255. The zero-order valence-corrected chi connectivity index (χ0v) is 6.28. The predicted octanol–water partition coefficient (Wildman–Crippen LogP) is 2.97. The Morgan fingerprint density at radius 2 is 2.25 bits per heavy atom. The molecule has 0 aliphatic heterocycles. The van der Waals surface area contributed by atoms with Gasteiger partial charge in [0.1, 0.15) is 0 Å². The van der Waals surface area contributed by atoms with Crippen molar-refractivity contribution < 1.29 is 0 Å². The second kappa shape index (κ2) is 5.17. The Bertz CT molecular complexity index is 66.8. The molecule has 1 heteroatoms. The molecule has 0 radical (unpaired) electrons. The van der Waals surface area contributed by atoms with Gasteiger partial charge in [0.05, 0.1) is 5.38 Å². The molecule has 0 heterocycles. The van der Waals surface area contributed by atoms with Gasteiger partial charge in [-0.3, -0.25) is 0 Å². The first-order valence-corrected chi connectivity index (χ1v) is 3.51. The molecular formula is C7H13Cl. The Morgan fingerprint density at radius 3 is 2.62 bits per heavy atom. The molecule has 0 aromatic heterocycles. The molecule has 48 valence electrons. The average Bonchev–Trinajstić information content (AvgIpc) is 1.68. The van der Waals surface area contributed by atoms with E-state index >= 15 is 0 Å². The van der Waals surface area contributed by atoms with Crippen molar-refractivity contribution in [1.29, 1.82) is 0 Å². The lowest BCUT2D eigenvalue weighted by Gasteiger charge is -1.97. The van der Waals surface area contributed by atoms with Crippen LogP contribution < -0.4 is 0 Å². The summed E-state index contributed by atoms with van der Waals surface area (Å²) in [4.78, 5) is 0. The van der Waals surface area contributed by atoms with Gasteiger partial charge in [-0.25, -0.2) is 0 Å². The molecule has 0 bridgehead atoms. The summed E-state index contributed by atoms with van der Waals surface area (Å²) < 4.78 is 0. The van der Waals surface area contributed by atoms with Gasteiger partial charge in [-0.05, 0) is 13.3 Å². The number of halogens is 1. The number of rotatable bonds is 3. The number of hydrogen-bond donors (Lipinski definition) is 0. The molecule has 0 saturated carbocycles. The molecule has 0 amide bonds. The van der Waals surface area contributed by atoms with Crippen LogP contribution in [-0.2, 0) is 0 Å². The van der Waals surface area contributed by atoms with Crippen molar-refractivity contribution in [1.82, 2.24) is 0 Å². The lowest BCUT2D eigenvalue weighted by Crippen LogP contribution is -1.89. The van der Waals surface area contributed by atoms with E-state index in [4.69, 9.17) is 11.6 Å². The number of hydrogen-bond acceptors (Lipinski definition) is 0. The van der Waals surface area contributed by atoms with Crippen LogP contribution in [0.25, 0.3) is 0 Å². The predicted molar refractivity (Wildman–Crippen MR) is 39.4 cm³/mol. The summed E-state index contributed by atoms with van der Waals surface area (Å²) >= 11 is 5.79. The normalized spacial score (nSPS) is 14.9. The third-order valence-electron chi connectivity index (χ3n) is 0.966. The first-order valence-electron chi connectivity index (χ1n) is 3.08. The van der Waals surface area contributed by atoms with Crippen molar-refractivity contribution in [2.45, 2.75) is 32.1 Å².